The molecule has 0 aliphatic rings. The molecule has 0 fully saturated rings. The molecule has 0 saturated carbocycles. The molecule has 15 heavy (non-hydrogen) atoms. The first-order chi connectivity index (χ1) is 7.15. The van der Waals surface area contributed by atoms with Crippen molar-refractivity contribution in [1.29, 1.82) is 0 Å². The van der Waals surface area contributed by atoms with Crippen LogP contribution in [0.25, 0.3) is 0 Å². The third-order valence-corrected chi connectivity index (χ3v) is 2.37. The molecule has 0 aliphatic heterocycles. The molecule has 3 nitrogen and oxygen atoms in total. The molecule has 0 bridgehead atoms. The fourth-order valence-electron chi connectivity index (χ4n) is 1.65. The first-order valence-electron chi connectivity index (χ1n) is 4.90. The van der Waals surface area contributed by atoms with Crippen LogP contribution in [0.4, 0.5) is 0 Å². The smallest absolute Gasteiger partial charge is 0.163 e. The summed E-state index contributed by atoms with van der Waals surface area (Å²) in [6.07, 6.45) is 0.771. The van der Waals surface area contributed by atoms with Gasteiger partial charge in [-0.05, 0) is 25.5 Å². The molecular formula is C12H16O3. The monoisotopic (exact) mass is 208 g/mol. The Morgan fingerprint density at radius 1 is 1.27 bits per heavy atom. The van der Waals surface area contributed by atoms with Crippen LogP contribution in [0, 0.1) is 0 Å². The highest BCUT2D eigenvalue weighted by atomic mass is 16.5. The largest absolute Gasteiger partial charge is 0.496 e. The van der Waals surface area contributed by atoms with Crippen molar-refractivity contribution in [2.24, 2.45) is 0 Å². The predicted octanol–water partition coefficient (Wildman–Crippen LogP) is 2.47. The lowest BCUT2D eigenvalue weighted by Gasteiger charge is -2.14. The molecule has 0 radical (unpaired) electrons. The zero-order valence-corrected chi connectivity index (χ0v) is 9.59. The average Bonchev–Trinajstić information content (AvgIpc) is 2.26. The van der Waals surface area contributed by atoms with Crippen molar-refractivity contribution in [3.05, 3.63) is 23.3 Å². The third-order valence-electron chi connectivity index (χ3n) is 2.37. The van der Waals surface area contributed by atoms with Crippen LogP contribution >= 0.6 is 0 Å². The quantitative estimate of drug-likeness (QED) is 0.713. The molecule has 0 aliphatic carbocycles. The molecular weight excluding hydrogens is 192 g/mol. The summed E-state index contributed by atoms with van der Waals surface area (Å²) in [6.45, 7) is 3.54. The molecule has 0 heterocycles. The number of ether oxygens (including phenoxy) is 2. The number of methoxy groups -OCH3 is 2. The van der Waals surface area contributed by atoms with Crippen LogP contribution < -0.4 is 9.47 Å². The molecule has 0 N–H and O–H groups in total. The van der Waals surface area contributed by atoms with Crippen molar-refractivity contribution in [2.45, 2.75) is 20.3 Å². The van der Waals surface area contributed by atoms with E-state index in [0.717, 1.165) is 17.7 Å². The van der Waals surface area contributed by atoms with E-state index in [-0.39, 0.29) is 5.78 Å². The van der Waals surface area contributed by atoms with E-state index in [1.54, 1.807) is 26.4 Å². The van der Waals surface area contributed by atoms with E-state index in [1.807, 2.05) is 6.92 Å². The standard InChI is InChI=1S/C12H16O3/c1-5-9-11(14-3)7-6-10(8(2)13)12(9)15-4/h6-7H,5H2,1-4H3. The Kier molecular flexibility index (Phi) is 3.72. The minimum atomic E-state index is 0.00389. The SMILES string of the molecule is CCc1c(OC)ccc(C(C)=O)c1OC. The Morgan fingerprint density at radius 3 is 2.33 bits per heavy atom. The molecule has 0 spiro atoms. The summed E-state index contributed by atoms with van der Waals surface area (Å²) < 4.78 is 10.5. The lowest BCUT2D eigenvalue weighted by molar-refractivity contribution is 0.101. The van der Waals surface area contributed by atoms with Gasteiger partial charge in [-0.25, -0.2) is 0 Å². The second-order valence-electron chi connectivity index (χ2n) is 3.24. The number of hydrogen-bond donors (Lipinski definition) is 0. The van der Waals surface area contributed by atoms with Gasteiger partial charge in [0.15, 0.2) is 5.78 Å². The van der Waals surface area contributed by atoms with E-state index >= 15 is 0 Å². The first kappa shape index (κ1) is 11.6. The van der Waals surface area contributed by atoms with Gasteiger partial charge in [-0.3, -0.25) is 4.79 Å². The number of rotatable bonds is 4. The zero-order valence-electron chi connectivity index (χ0n) is 9.59. The zero-order chi connectivity index (χ0) is 11.4. The van der Waals surface area contributed by atoms with Gasteiger partial charge in [0.1, 0.15) is 11.5 Å². The maximum absolute atomic E-state index is 11.4. The lowest BCUT2D eigenvalue weighted by Crippen LogP contribution is -2.02. The van der Waals surface area contributed by atoms with Crippen molar-refractivity contribution in [1.82, 2.24) is 0 Å². The van der Waals surface area contributed by atoms with Gasteiger partial charge in [-0.1, -0.05) is 6.92 Å². The van der Waals surface area contributed by atoms with Gasteiger partial charge in [0.25, 0.3) is 0 Å². The second kappa shape index (κ2) is 4.82. The molecule has 82 valence electrons. The topological polar surface area (TPSA) is 35.5 Å². The van der Waals surface area contributed by atoms with Gasteiger partial charge in [-0.15, -0.1) is 0 Å². The van der Waals surface area contributed by atoms with Gasteiger partial charge >= 0.3 is 0 Å². The van der Waals surface area contributed by atoms with Crippen LogP contribution in [-0.2, 0) is 6.42 Å². The summed E-state index contributed by atoms with van der Waals surface area (Å²) >= 11 is 0. The van der Waals surface area contributed by atoms with Gasteiger partial charge < -0.3 is 9.47 Å². The van der Waals surface area contributed by atoms with E-state index in [9.17, 15) is 4.79 Å². The van der Waals surface area contributed by atoms with Crippen LogP contribution in [0.5, 0.6) is 11.5 Å². The molecule has 0 aromatic heterocycles. The summed E-state index contributed by atoms with van der Waals surface area (Å²) in [7, 11) is 3.18. The fourth-order valence-corrected chi connectivity index (χ4v) is 1.65. The number of ketones is 1. The van der Waals surface area contributed by atoms with Crippen LogP contribution in [0.3, 0.4) is 0 Å². The maximum atomic E-state index is 11.4. The van der Waals surface area contributed by atoms with E-state index in [0.29, 0.717) is 11.3 Å². The normalized spacial score (nSPS) is 9.87. The Balaban J connectivity index is 3.40. The molecule has 0 amide bonds. The highest BCUT2D eigenvalue weighted by Gasteiger charge is 2.15. The van der Waals surface area contributed by atoms with E-state index in [4.69, 9.17) is 9.47 Å². The van der Waals surface area contributed by atoms with Gasteiger partial charge in [0.05, 0.1) is 19.8 Å². The number of hydrogen-bond acceptors (Lipinski definition) is 3. The number of benzene rings is 1. The van der Waals surface area contributed by atoms with E-state index in [1.165, 1.54) is 6.92 Å². The maximum Gasteiger partial charge on any atom is 0.163 e. The average molecular weight is 208 g/mol. The second-order valence-corrected chi connectivity index (χ2v) is 3.24. The number of carbonyl (C=O) groups is 1. The highest BCUT2D eigenvalue weighted by molar-refractivity contribution is 5.97. The lowest BCUT2D eigenvalue weighted by atomic mass is 10.0. The summed E-state index contributed by atoms with van der Waals surface area (Å²) in [6, 6.07) is 3.54. The van der Waals surface area contributed by atoms with Gasteiger partial charge in [0, 0.05) is 5.56 Å². The van der Waals surface area contributed by atoms with E-state index in [2.05, 4.69) is 0 Å². The van der Waals surface area contributed by atoms with Crippen molar-refractivity contribution < 1.29 is 14.3 Å². The molecule has 1 aromatic carbocycles. The van der Waals surface area contributed by atoms with E-state index < -0.39 is 0 Å². The third kappa shape index (κ3) is 2.12. The van der Waals surface area contributed by atoms with Crippen LogP contribution in [0.15, 0.2) is 12.1 Å². The summed E-state index contributed by atoms with van der Waals surface area (Å²) in [5.41, 5.74) is 1.54. The summed E-state index contributed by atoms with van der Waals surface area (Å²) in [5.74, 6) is 1.40. The van der Waals surface area contributed by atoms with Crippen molar-refractivity contribution in [3.63, 3.8) is 0 Å². The number of Topliss-reactive ketones (excluding diaryl/α,β-unsaturated/α-hetero) is 1. The molecule has 3 heteroatoms. The molecule has 0 atom stereocenters. The van der Waals surface area contributed by atoms with Gasteiger partial charge in [0.2, 0.25) is 0 Å². The minimum Gasteiger partial charge on any atom is -0.496 e. The Hall–Kier alpha value is -1.51. The number of carbonyl (C=O) groups excluding carboxylic acids is 1. The van der Waals surface area contributed by atoms with Crippen LogP contribution in [0.1, 0.15) is 29.8 Å². The first-order valence-corrected chi connectivity index (χ1v) is 4.90. The van der Waals surface area contributed by atoms with Crippen molar-refractivity contribution in [3.8, 4) is 11.5 Å². The van der Waals surface area contributed by atoms with Crippen molar-refractivity contribution in [2.75, 3.05) is 14.2 Å². The minimum absolute atomic E-state index is 0.00389. The Morgan fingerprint density at radius 2 is 1.93 bits per heavy atom. The Bertz CT molecular complexity index is 369. The van der Waals surface area contributed by atoms with Crippen LogP contribution in [-0.4, -0.2) is 20.0 Å². The Labute approximate surface area is 90.0 Å². The predicted molar refractivity (Wildman–Crippen MR) is 58.9 cm³/mol. The highest BCUT2D eigenvalue weighted by Crippen LogP contribution is 2.32. The molecule has 0 saturated heterocycles. The molecule has 1 rings (SSSR count). The van der Waals surface area contributed by atoms with Crippen molar-refractivity contribution >= 4 is 5.78 Å². The molecule has 1 aromatic rings. The molecule has 0 unspecified atom stereocenters. The summed E-state index contributed by atoms with van der Waals surface area (Å²) in [4.78, 5) is 11.4. The summed E-state index contributed by atoms with van der Waals surface area (Å²) in [5, 5.41) is 0. The van der Waals surface area contributed by atoms with Gasteiger partial charge in [-0.2, -0.15) is 0 Å². The van der Waals surface area contributed by atoms with Crippen LogP contribution in [0.2, 0.25) is 0 Å². The fraction of sp³-hybridized carbons (Fsp3) is 0.417.